The summed E-state index contributed by atoms with van der Waals surface area (Å²) in [7, 11) is 1.95. The molecule has 4 nitrogen and oxygen atoms in total. The van der Waals surface area contributed by atoms with E-state index in [1.54, 1.807) is 0 Å². The summed E-state index contributed by atoms with van der Waals surface area (Å²) in [4.78, 5) is 2.41. The number of aryl methyl sites for hydroxylation is 2. The summed E-state index contributed by atoms with van der Waals surface area (Å²) in [5, 5.41) is 13.8. The van der Waals surface area contributed by atoms with E-state index in [0.29, 0.717) is 6.04 Å². The van der Waals surface area contributed by atoms with Crippen molar-refractivity contribution < 1.29 is 0 Å². The van der Waals surface area contributed by atoms with E-state index in [9.17, 15) is 5.26 Å². The lowest BCUT2D eigenvalue weighted by Crippen LogP contribution is -2.36. The van der Waals surface area contributed by atoms with Crippen LogP contribution in [0.3, 0.4) is 0 Å². The Morgan fingerprint density at radius 1 is 1.39 bits per heavy atom. The molecule has 2 heterocycles. The third-order valence-electron chi connectivity index (χ3n) is 3.92. The fraction of sp³-hybridized carbons (Fsp3) is 0.714. The first-order chi connectivity index (χ1) is 8.69. The first kappa shape index (κ1) is 12.9. The molecule has 0 bridgehead atoms. The van der Waals surface area contributed by atoms with Crippen molar-refractivity contribution in [3.05, 3.63) is 11.3 Å². The Bertz CT molecular complexity index is 455. The quantitative estimate of drug-likeness (QED) is 0.806. The van der Waals surface area contributed by atoms with E-state index in [0.717, 1.165) is 30.0 Å². The van der Waals surface area contributed by atoms with Crippen molar-refractivity contribution in [2.24, 2.45) is 7.05 Å². The number of hydrogen-bond acceptors (Lipinski definition) is 3. The topological polar surface area (TPSA) is 44.9 Å². The minimum absolute atomic E-state index is 0.550. The first-order valence-electron chi connectivity index (χ1n) is 6.89. The van der Waals surface area contributed by atoms with Crippen molar-refractivity contribution in [2.75, 3.05) is 11.4 Å². The second-order valence-corrected chi connectivity index (χ2v) is 5.12. The summed E-state index contributed by atoms with van der Waals surface area (Å²) in [6.45, 7) is 5.20. The van der Waals surface area contributed by atoms with Crippen molar-refractivity contribution in [3.63, 3.8) is 0 Å². The highest BCUT2D eigenvalue weighted by atomic mass is 15.4. The highest BCUT2D eigenvalue weighted by Gasteiger charge is 2.26. The van der Waals surface area contributed by atoms with Crippen LogP contribution in [0.2, 0.25) is 0 Å². The van der Waals surface area contributed by atoms with Gasteiger partial charge in [0, 0.05) is 19.6 Å². The summed E-state index contributed by atoms with van der Waals surface area (Å²) in [5.74, 6) is 1.02. The SMILES string of the molecule is CCC1CCCCCN1c1c(C#N)c(C)nn1C. The molecule has 1 aliphatic rings. The molecule has 2 rings (SSSR count). The maximum atomic E-state index is 9.34. The summed E-state index contributed by atoms with van der Waals surface area (Å²) in [5.41, 5.74) is 1.59. The predicted molar refractivity (Wildman–Crippen MR) is 72.6 cm³/mol. The monoisotopic (exact) mass is 246 g/mol. The van der Waals surface area contributed by atoms with Crippen LogP contribution >= 0.6 is 0 Å². The van der Waals surface area contributed by atoms with Gasteiger partial charge in [0.15, 0.2) is 0 Å². The van der Waals surface area contributed by atoms with Crippen LogP contribution in [-0.4, -0.2) is 22.4 Å². The fourth-order valence-electron chi connectivity index (χ4n) is 2.99. The van der Waals surface area contributed by atoms with E-state index >= 15 is 0 Å². The third kappa shape index (κ3) is 2.22. The van der Waals surface area contributed by atoms with Gasteiger partial charge in [0.2, 0.25) is 0 Å². The number of aromatic nitrogens is 2. The van der Waals surface area contributed by atoms with Crippen LogP contribution in [-0.2, 0) is 7.05 Å². The van der Waals surface area contributed by atoms with Crippen LogP contribution in [0.1, 0.15) is 50.3 Å². The Labute approximate surface area is 109 Å². The molecule has 18 heavy (non-hydrogen) atoms. The zero-order valence-corrected chi connectivity index (χ0v) is 11.6. The van der Waals surface area contributed by atoms with Gasteiger partial charge < -0.3 is 4.90 Å². The van der Waals surface area contributed by atoms with Gasteiger partial charge in [-0.1, -0.05) is 19.8 Å². The smallest absolute Gasteiger partial charge is 0.145 e. The predicted octanol–water partition coefficient (Wildman–Crippen LogP) is 2.76. The molecular formula is C14H22N4. The summed E-state index contributed by atoms with van der Waals surface area (Å²) in [6, 6.07) is 2.87. The van der Waals surface area contributed by atoms with Gasteiger partial charge in [-0.05, 0) is 26.2 Å². The Morgan fingerprint density at radius 3 is 2.83 bits per heavy atom. The van der Waals surface area contributed by atoms with Crippen molar-refractivity contribution in [1.29, 1.82) is 5.26 Å². The number of nitrogens with zero attached hydrogens (tertiary/aromatic N) is 4. The van der Waals surface area contributed by atoms with Crippen molar-refractivity contribution >= 4 is 5.82 Å². The molecule has 1 aliphatic heterocycles. The third-order valence-corrected chi connectivity index (χ3v) is 3.92. The van der Waals surface area contributed by atoms with Crippen LogP contribution in [0, 0.1) is 18.3 Å². The zero-order chi connectivity index (χ0) is 13.1. The van der Waals surface area contributed by atoms with E-state index in [-0.39, 0.29) is 0 Å². The molecular weight excluding hydrogens is 224 g/mol. The molecule has 1 unspecified atom stereocenters. The van der Waals surface area contributed by atoms with Crippen LogP contribution < -0.4 is 4.90 Å². The summed E-state index contributed by atoms with van der Waals surface area (Å²) in [6.07, 6.45) is 6.17. The molecule has 1 aromatic rings. The summed E-state index contributed by atoms with van der Waals surface area (Å²) >= 11 is 0. The lowest BCUT2D eigenvalue weighted by Gasteiger charge is -2.31. The molecule has 0 aromatic carbocycles. The molecule has 0 spiro atoms. The van der Waals surface area contributed by atoms with Crippen molar-refractivity contribution in [2.45, 2.75) is 52.0 Å². The second-order valence-electron chi connectivity index (χ2n) is 5.12. The van der Waals surface area contributed by atoms with Gasteiger partial charge in [0.05, 0.1) is 5.69 Å². The minimum Gasteiger partial charge on any atom is -0.353 e. The van der Waals surface area contributed by atoms with E-state index in [2.05, 4.69) is 23.0 Å². The molecule has 1 saturated heterocycles. The van der Waals surface area contributed by atoms with Gasteiger partial charge in [0.25, 0.3) is 0 Å². The minimum atomic E-state index is 0.550. The van der Waals surface area contributed by atoms with E-state index in [1.807, 2.05) is 18.7 Å². The molecule has 1 fully saturated rings. The molecule has 1 aromatic heterocycles. The van der Waals surface area contributed by atoms with Gasteiger partial charge in [-0.3, -0.25) is 4.68 Å². The second kappa shape index (κ2) is 5.43. The van der Waals surface area contributed by atoms with Crippen molar-refractivity contribution in [1.82, 2.24) is 9.78 Å². The molecule has 0 aliphatic carbocycles. The van der Waals surface area contributed by atoms with E-state index in [4.69, 9.17) is 0 Å². The van der Waals surface area contributed by atoms with Crippen LogP contribution in [0.4, 0.5) is 5.82 Å². The molecule has 0 amide bonds. The molecule has 0 radical (unpaired) electrons. The molecule has 4 heteroatoms. The van der Waals surface area contributed by atoms with Crippen molar-refractivity contribution in [3.8, 4) is 6.07 Å². The Kier molecular flexibility index (Phi) is 3.90. The first-order valence-corrected chi connectivity index (χ1v) is 6.89. The van der Waals surface area contributed by atoms with Crippen LogP contribution in [0.25, 0.3) is 0 Å². The number of hydrogen-bond donors (Lipinski definition) is 0. The molecule has 1 atom stereocenters. The Balaban J connectivity index is 2.42. The standard InChI is InChI=1S/C14H22N4/c1-4-12-8-6-5-7-9-18(12)14-13(10-15)11(2)16-17(14)3/h12H,4-9H2,1-3H3. The average molecular weight is 246 g/mol. The van der Waals surface area contributed by atoms with Gasteiger partial charge in [-0.15, -0.1) is 0 Å². The number of nitriles is 1. The number of anilines is 1. The Hall–Kier alpha value is -1.50. The highest BCUT2D eigenvalue weighted by molar-refractivity contribution is 5.57. The van der Waals surface area contributed by atoms with Crippen LogP contribution in [0.5, 0.6) is 0 Å². The van der Waals surface area contributed by atoms with Crippen LogP contribution in [0.15, 0.2) is 0 Å². The highest BCUT2D eigenvalue weighted by Crippen LogP contribution is 2.29. The fourth-order valence-corrected chi connectivity index (χ4v) is 2.99. The maximum absolute atomic E-state index is 9.34. The normalized spacial score (nSPS) is 20.6. The maximum Gasteiger partial charge on any atom is 0.145 e. The van der Waals surface area contributed by atoms with Gasteiger partial charge in [-0.2, -0.15) is 10.4 Å². The average Bonchev–Trinajstić information content (AvgIpc) is 2.55. The van der Waals surface area contributed by atoms with Gasteiger partial charge in [0.1, 0.15) is 17.5 Å². The Morgan fingerprint density at radius 2 is 2.17 bits per heavy atom. The van der Waals surface area contributed by atoms with Gasteiger partial charge >= 0.3 is 0 Å². The van der Waals surface area contributed by atoms with Gasteiger partial charge in [-0.25, -0.2) is 0 Å². The molecule has 0 N–H and O–H groups in total. The largest absolute Gasteiger partial charge is 0.353 e. The van der Waals surface area contributed by atoms with E-state index in [1.165, 1.54) is 25.7 Å². The lowest BCUT2D eigenvalue weighted by molar-refractivity contribution is 0.541. The molecule has 98 valence electrons. The zero-order valence-electron chi connectivity index (χ0n) is 11.6. The lowest BCUT2D eigenvalue weighted by atomic mass is 10.1. The summed E-state index contributed by atoms with van der Waals surface area (Å²) < 4.78 is 1.88. The molecule has 0 saturated carbocycles. The number of rotatable bonds is 2. The van der Waals surface area contributed by atoms with E-state index < -0.39 is 0 Å².